The minimum Gasteiger partial charge on any atom is -0.493 e. The first-order valence-corrected chi connectivity index (χ1v) is 8.49. The van der Waals surface area contributed by atoms with E-state index >= 15 is 0 Å². The zero-order chi connectivity index (χ0) is 17.0. The molecule has 0 aliphatic carbocycles. The van der Waals surface area contributed by atoms with E-state index in [1.807, 2.05) is 6.92 Å². The van der Waals surface area contributed by atoms with Gasteiger partial charge in [0.1, 0.15) is 0 Å². The molecule has 0 bridgehead atoms. The molecule has 0 unspecified atom stereocenters. The topological polar surface area (TPSA) is 55.8 Å². The van der Waals surface area contributed by atoms with Crippen molar-refractivity contribution >= 4 is 44.9 Å². The minimum atomic E-state index is -0.319. The molecule has 23 heavy (non-hydrogen) atoms. The van der Waals surface area contributed by atoms with Gasteiger partial charge in [0, 0.05) is 11.0 Å². The number of benzene rings is 1. The molecule has 1 heterocycles. The lowest BCUT2D eigenvalue weighted by Gasteiger charge is -2.12. The van der Waals surface area contributed by atoms with Crippen LogP contribution >= 0.6 is 27.7 Å². The molecule has 1 saturated heterocycles. The fourth-order valence-electron chi connectivity index (χ4n) is 2.02. The van der Waals surface area contributed by atoms with Crippen LogP contribution < -0.4 is 9.47 Å². The van der Waals surface area contributed by atoms with E-state index in [1.165, 1.54) is 6.08 Å². The van der Waals surface area contributed by atoms with E-state index in [0.29, 0.717) is 23.0 Å². The van der Waals surface area contributed by atoms with Crippen LogP contribution in [-0.4, -0.2) is 36.3 Å². The molecule has 1 aliphatic heterocycles. The van der Waals surface area contributed by atoms with Crippen LogP contribution in [0.3, 0.4) is 0 Å². The van der Waals surface area contributed by atoms with E-state index in [1.54, 1.807) is 25.3 Å². The molecule has 2 rings (SSSR count). The van der Waals surface area contributed by atoms with Crippen LogP contribution in [0.4, 0.5) is 4.79 Å². The molecule has 1 aromatic carbocycles. The Morgan fingerprint density at radius 3 is 2.70 bits per heavy atom. The maximum atomic E-state index is 12.3. The smallest absolute Gasteiger partial charge is 0.293 e. The van der Waals surface area contributed by atoms with Gasteiger partial charge in [-0.2, -0.15) is 0 Å². The normalized spacial score (nSPS) is 16.1. The summed E-state index contributed by atoms with van der Waals surface area (Å²) < 4.78 is 11.6. The fraction of sp³-hybridized carbons (Fsp3) is 0.250. The second-order valence-corrected chi connectivity index (χ2v) is 6.39. The number of methoxy groups -OCH3 is 1. The zero-order valence-corrected chi connectivity index (χ0v) is 15.2. The number of ether oxygens (including phenoxy) is 2. The van der Waals surface area contributed by atoms with Crippen molar-refractivity contribution in [3.05, 3.63) is 39.7 Å². The lowest BCUT2D eigenvalue weighted by molar-refractivity contribution is -0.122. The van der Waals surface area contributed by atoms with Crippen molar-refractivity contribution in [3.8, 4) is 11.5 Å². The van der Waals surface area contributed by atoms with Gasteiger partial charge in [-0.05, 0) is 42.5 Å². The first-order valence-electron chi connectivity index (χ1n) is 6.88. The summed E-state index contributed by atoms with van der Waals surface area (Å²) in [6.45, 7) is 6.13. The van der Waals surface area contributed by atoms with Gasteiger partial charge in [0.2, 0.25) is 0 Å². The number of imide groups is 1. The molecule has 5 nitrogen and oxygen atoms in total. The lowest BCUT2D eigenvalue weighted by atomic mass is 10.2. The molecule has 7 heteroatoms. The number of halogens is 1. The predicted octanol–water partition coefficient (Wildman–Crippen LogP) is 4.08. The summed E-state index contributed by atoms with van der Waals surface area (Å²) in [6, 6.07) is 3.54. The molecule has 0 atom stereocenters. The summed E-state index contributed by atoms with van der Waals surface area (Å²) in [7, 11) is 1.56. The van der Waals surface area contributed by atoms with E-state index in [0.717, 1.165) is 26.7 Å². The van der Waals surface area contributed by atoms with Gasteiger partial charge in [-0.1, -0.05) is 22.0 Å². The van der Waals surface area contributed by atoms with Gasteiger partial charge in [-0.25, -0.2) is 0 Å². The Balaban J connectivity index is 2.39. The van der Waals surface area contributed by atoms with Crippen LogP contribution in [0, 0.1) is 0 Å². The van der Waals surface area contributed by atoms with Gasteiger partial charge in [-0.15, -0.1) is 6.58 Å². The Bertz CT molecular complexity index is 687. The van der Waals surface area contributed by atoms with Crippen LogP contribution in [0.25, 0.3) is 6.08 Å². The molecule has 0 aromatic heterocycles. The number of carbonyl (C=O) groups excluding carboxylic acids is 2. The number of nitrogens with zero attached hydrogens (tertiary/aromatic N) is 1. The van der Waals surface area contributed by atoms with Gasteiger partial charge < -0.3 is 9.47 Å². The third-order valence-electron chi connectivity index (χ3n) is 3.05. The van der Waals surface area contributed by atoms with E-state index in [9.17, 15) is 9.59 Å². The molecule has 122 valence electrons. The summed E-state index contributed by atoms with van der Waals surface area (Å²) in [4.78, 5) is 25.6. The molecule has 1 aromatic rings. The SMILES string of the molecule is C=CCN1C(=O)S/C(=C/c2cc(OCC)c(OC)cc2Br)C1=O. The first kappa shape index (κ1) is 17.6. The van der Waals surface area contributed by atoms with Crippen molar-refractivity contribution in [1.29, 1.82) is 0 Å². The van der Waals surface area contributed by atoms with Gasteiger partial charge in [0.15, 0.2) is 11.5 Å². The van der Waals surface area contributed by atoms with Crippen LogP contribution in [0.2, 0.25) is 0 Å². The highest BCUT2D eigenvalue weighted by atomic mass is 79.9. The lowest BCUT2D eigenvalue weighted by Crippen LogP contribution is -2.27. The highest BCUT2D eigenvalue weighted by molar-refractivity contribution is 9.10. The van der Waals surface area contributed by atoms with E-state index in [-0.39, 0.29) is 17.7 Å². The second kappa shape index (κ2) is 7.70. The van der Waals surface area contributed by atoms with Gasteiger partial charge >= 0.3 is 0 Å². The Labute approximate surface area is 147 Å². The van der Waals surface area contributed by atoms with Crippen LogP contribution in [0.15, 0.2) is 34.2 Å². The Morgan fingerprint density at radius 2 is 2.09 bits per heavy atom. The molecular formula is C16H16BrNO4S. The summed E-state index contributed by atoms with van der Waals surface area (Å²) >= 11 is 4.36. The van der Waals surface area contributed by atoms with E-state index in [2.05, 4.69) is 22.5 Å². The van der Waals surface area contributed by atoms with E-state index in [4.69, 9.17) is 9.47 Å². The molecular weight excluding hydrogens is 382 g/mol. The molecule has 0 saturated carbocycles. The highest BCUT2D eigenvalue weighted by Gasteiger charge is 2.34. The minimum absolute atomic E-state index is 0.204. The van der Waals surface area contributed by atoms with Crippen molar-refractivity contribution in [2.24, 2.45) is 0 Å². The standard InChI is InChI=1S/C16H16BrNO4S/c1-4-6-18-15(19)14(23-16(18)20)8-10-7-13(22-5-2)12(21-3)9-11(10)17/h4,7-9H,1,5-6H2,2-3H3/b14-8+. The Morgan fingerprint density at radius 1 is 1.35 bits per heavy atom. The number of thioether (sulfide) groups is 1. The summed E-state index contributed by atoms with van der Waals surface area (Å²) in [5.41, 5.74) is 0.735. The van der Waals surface area contributed by atoms with Crippen molar-refractivity contribution in [2.45, 2.75) is 6.92 Å². The average Bonchev–Trinajstić information content (AvgIpc) is 2.78. The Hall–Kier alpha value is -1.73. The second-order valence-electron chi connectivity index (χ2n) is 4.54. The Kier molecular flexibility index (Phi) is 5.90. The molecule has 1 fully saturated rings. The van der Waals surface area contributed by atoms with Crippen LogP contribution in [0.5, 0.6) is 11.5 Å². The van der Waals surface area contributed by atoms with Gasteiger partial charge in [-0.3, -0.25) is 14.5 Å². The van der Waals surface area contributed by atoms with Crippen molar-refractivity contribution in [3.63, 3.8) is 0 Å². The third kappa shape index (κ3) is 3.79. The maximum absolute atomic E-state index is 12.3. The monoisotopic (exact) mass is 397 g/mol. The number of hydrogen-bond donors (Lipinski definition) is 0. The number of amides is 2. The van der Waals surface area contributed by atoms with Crippen molar-refractivity contribution in [1.82, 2.24) is 4.90 Å². The highest BCUT2D eigenvalue weighted by Crippen LogP contribution is 2.37. The maximum Gasteiger partial charge on any atom is 0.293 e. The molecule has 0 spiro atoms. The third-order valence-corrected chi connectivity index (χ3v) is 4.65. The van der Waals surface area contributed by atoms with E-state index < -0.39 is 0 Å². The molecule has 2 amide bonds. The summed E-state index contributed by atoms with van der Waals surface area (Å²) in [5.74, 6) is 0.853. The number of hydrogen-bond acceptors (Lipinski definition) is 5. The van der Waals surface area contributed by atoms with Gasteiger partial charge in [0.05, 0.1) is 18.6 Å². The number of carbonyl (C=O) groups is 2. The average molecular weight is 398 g/mol. The largest absolute Gasteiger partial charge is 0.493 e. The predicted molar refractivity (Wildman–Crippen MR) is 94.7 cm³/mol. The number of rotatable bonds is 6. The zero-order valence-electron chi connectivity index (χ0n) is 12.8. The fourth-order valence-corrected chi connectivity index (χ4v) is 3.29. The van der Waals surface area contributed by atoms with Crippen molar-refractivity contribution < 1.29 is 19.1 Å². The van der Waals surface area contributed by atoms with Crippen LogP contribution in [-0.2, 0) is 4.79 Å². The summed E-state index contributed by atoms with van der Waals surface area (Å²) in [6.07, 6.45) is 3.19. The van der Waals surface area contributed by atoms with Gasteiger partial charge in [0.25, 0.3) is 11.1 Å². The van der Waals surface area contributed by atoms with Crippen molar-refractivity contribution in [2.75, 3.05) is 20.3 Å². The quantitative estimate of drug-likeness (QED) is 0.534. The first-order chi connectivity index (χ1) is 11.0. The molecule has 1 aliphatic rings. The molecule has 0 radical (unpaired) electrons. The molecule has 0 N–H and O–H groups in total. The summed E-state index contributed by atoms with van der Waals surface area (Å²) in [5, 5.41) is -0.296. The van der Waals surface area contributed by atoms with Crippen LogP contribution in [0.1, 0.15) is 12.5 Å².